The first kappa shape index (κ1) is 19.9. The molecule has 6 nitrogen and oxygen atoms in total. The fourth-order valence-electron chi connectivity index (χ4n) is 3.75. The Labute approximate surface area is 174 Å². The van der Waals surface area contributed by atoms with Gasteiger partial charge in [-0.05, 0) is 62.2 Å². The number of hydrogen-bond acceptors (Lipinski definition) is 5. The highest BCUT2D eigenvalue weighted by Gasteiger charge is 2.30. The number of nitrogens with zero attached hydrogens (tertiary/aromatic N) is 3. The van der Waals surface area contributed by atoms with Crippen molar-refractivity contribution in [2.75, 3.05) is 6.61 Å². The molecule has 0 aliphatic heterocycles. The van der Waals surface area contributed by atoms with E-state index in [1.165, 1.54) is 12.1 Å². The molecule has 0 radical (unpaired) electrons. The molecule has 1 aliphatic rings. The number of rotatable bonds is 6. The number of pyridine rings is 1. The monoisotopic (exact) mass is 406 g/mol. The number of aryl methyl sites for hydroxylation is 1. The van der Waals surface area contributed by atoms with E-state index in [9.17, 15) is 9.18 Å². The summed E-state index contributed by atoms with van der Waals surface area (Å²) in [5.41, 5.74) is 1.68. The zero-order chi connectivity index (χ0) is 20.9. The van der Waals surface area contributed by atoms with Gasteiger partial charge in [0.05, 0.1) is 12.2 Å². The first-order chi connectivity index (χ1) is 14.6. The van der Waals surface area contributed by atoms with E-state index >= 15 is 0 Å². The van der Waals surface area contributed by atoms with Crippen molar-refractivity contribution in [1.82, 2.24) is 20.3 Å². The standard InChI is InChI=1S/C23H23FN4O2/c1-15-6-11-19(22-25-12-3-13-26-22)21(27-15)23(29)28-20-5-2-4-16(20)14-30-18-9-7-17(24)8-10-18/h3,6-13,16,20H,2,4-5,14H2,1H3,(H,28,29)/t16-,20+/m1/s1. The maximum Gasteiger partial charge on any atom is 0.270 e. The summed E-state index contributed by atoms with van der Waals surface area (Å²) in [7, 11) is 0. The molecule has 0 unspecified atom stereocenters. The summed E-state index contributed by atoms with van der Waals surface area (Å²) in [6.07, 6.45) is 6.14. The SMILES string of the molecule is Cc1ccc(-c2ncccn2)c(C(=O)N[C@H]2CCC[C@@H]2COc2ccc(F)cc2)n1. The number of nitrogens with one attached hydrogen (secondary N) is 1. The highest BCUT2D eigenvalue weighted by Crippen LogP contribution is 2.28. The Morgan fingerprint density at radius 2 is 1.90 bits per heavy atom. The molecule has 2 atom stereocenters. The summed E-state index contributed by atoms with van der Waals surface area (Å²) in [6, 6.07) is 11.4. The van der Waals surface area contributed by atoms with Crippen molar-refractivity contribution in [3.63, 3.8) is 0 Å². The summed E-state index contributed by atoms with van der Waals surface area (Å²) >= 11 is 0. The van der Waals surface area contributed by atoms with Crippen LogP contribution in [0.15, 0.2) is 54.9 Å². The van der Waals surface area contributed by atoms with Gasteiger partial charge in [-0.2, -0.15) is 0 Å². The van der Waals surface area contributed by atoms with E-state index in [0.717, 1.165) is 25.0 Å². The van der Waals surface area contributed by atoms with Crippen LogP contribution in [0.1, 0.15) is 35.4 Å². The van der Waals surface area contributed by atoms with Gasteiger partial charge in [-0.1, -0.05) is 6.42 Å². The van der Waals surface area contributed by atoms with E-state index in [1.807, 2.05) is 19.1 Å². The first-order valence-electron chi connectivity index (χ1n) is 10.0. The van der Waals surface area contributed by atoms with Crippen molar-refractivity contribution in [3.05, 3.63) is 72.1 Å². The van der Waals surface area contributed by atoms with Gasteiger partial charge in [0.15, 0.2) is 5.82 Å². The fourth-order valence-corrected chi connectivity index (χ4v) is 3.75. The average Bonchev–Trinajstić information content (AvgIpc) is 3.20. The van der Waals surface area contributed by atoms with Gasteiger partial charge in [0.1, 0.15) is 17.3 Å². The van der Waals surface area contributed by atoms with Gasteiger partial charge < -0.3 is 10.1 Å². The van der Waals surface area contributed by atoms with Crippen molar-refractivity contribution < 1.29 is 13.9 Å². The molecule has 0 spiro atoms. The third kappa shape index (κ3) is 4.62. The van der Waals surface area contributed by atoms with Crippen LogP contribution in [-0.4, -0.2) is 33.5 Å². The number of benzene rings is 1. The van der Waals surface area contributed by atoms with Crippen LogP contribution >= 0.6 is 0 Å². The van der Waals surface area contributed by atoms with Crippen molar-refractivity contribution in [2.45, 2.75) is 32.2 Å². The van der Waals surface area contributed by atoms with Crippen molar-refractivity contribution in [3.8, 4) is 17.1 Å². The van der Waals surface area contributed by atoms with Crippen LogP contribution in [0.3, 0.4) is 0 Å². The highest BCUT2D eigenvalue weighted by atomic mass is 19.1. The zero-order valence-electron chi connectivity index (χ0n) is 16.7. The highest BCUT2D eigenvalue weighted by molar-refractivity contribution is 5.98. The predicted molar refractivity (Wildman–Crippen MR) is 110 cm³/mol. The molecule has 4 rings (SSSR count). The molecule has 0 bridgehead atoms. The molecule has 3 aromatic rings. The second kappa shape index (κ2) is 8.98. The molecule has 2 aromatic heterocycles. The first-order valence-corrected chi connectivity index (χ1v) is 10.0. The fraction of sp³-hybridized carbons (Fsp3) is 0.304. The molecule has 30 heavy (non-hydrogen) atoms. The Kier molecular flexibility index (Phi) is 5.97. The van der Waals surface area contributed by atoms with Crippen LogP contribution < -0.4 is 10.1 Å². The minimum absolute atomic E-state index is 0.00944. The summed E-state index contributed by atoms with van der Waals surface area (Å²) in [5.74, 6) is 0.743. The number of amides is 1. The van der Waals surface area contributed by atoms with Crippen LogP contribution in [0.25, 0.3) is 11.4 Å². The summed E-state index contributed by atoms with van der Waals surface area (Å²) in [4.78, 5) is 26.1. The molecule has 7 heteroatoms. The minimum Gasteiger partial charge on any atom is -0.493 e. The lowest BCUT2D eigenvalue weighted by Crippen LogP contribution is -2.40. The van der Waals surface area contributed by atoms with Crippen molar-refractivity contribution >= 4 is 5.91 Å². The molecular formula is C23H23FN4O2. The van der Waals surface area contributed by atoms with Gasteiger partial charge in [-0.15, -0.1) is 0 Å². The largest absolute Gasteiger partial charge is 0.493 e. The Morgan fingerprint density at radius 3 is 2.67 bits per heavy atom. The van der Waals surface area contributed by atoms with Gasteiger partial charge >= 0.3 is 0 Å². The summed E-state index contributed by atoms with van der Waals surface area (Å²) in [5, 5.41) is 3.13. The second-order valence-corrected chi connectivity index (χ2v) is 7.46. The molecule has 0 saturated heterocycles. The number of carbonyl (C=O) groups excluding carboxylic acids is 1. The van der Waals surface area contributed by atoms with Crippen LogP contribution in [0.2, 0.25) is 0 Å². The molecule has 1 fully saturated rings. The number of aromatic nitrogens is 3. The van der Waals surface area contributed by atoms with Gasteiger partial charge in [0.2, 0.25) is 0 Å². The maximum atomic E-state index is 13.1. The zero-order valence-corrected chi connectivity index (χ0v) is 16.7. The average molecular weight is 406 g/mol. The molecule has 1 aromatic carbocycles. The van der Waals surface area contributed by atoms with Gasteiger partial charge in [0.25, 0.3) is 5.91 Å². The number of halogens is 1. The third-order valence-electron chi connectivity index (χ3n) is 5.31. The van der Waals surface area contributed by atoms with Gasteiger partial charge in [0, 0.05) is 30.0 Å². The lowest BCUT2D eigenvalue weighted by molar-refractivity contribution is 0.0914. The normalized spacial score (nSPS) is 18.2. The van der Waals surface area contributed by atoms with E-state index in [4.69, 9.17) is 4.74 Å². The van der Waals surface area contributed by atoms with E-state index < -0.39 is 0 Å². The number of hydrogen-bond donors (Lipinski definition) is 1. The molecule has 2 heterocycles. The Hall–Kier alpha value is -3.35. The topological polar surface area (TPSA) is 77.0 Å². The number of carbonyl (C=O) groups is 1. The minimum atomic E-state index is -0.294. The smallest absolute Gasteiger partial charge is 0.270 e. The van der Waals surface area contributed by atoms with Crippen LogP contribution in [0, 0.1) is 18.7 Å². The Balaban J connectivity index is 1.46. The van der Waals surface area contributed by atoms with E-state index in [-0.39, 0.29) is 23.7 Å². The molecule has 1 aliphatic carbocycles. The molecule has 1 N–H and O–H groups in total. The Bertz CT molecular complexity index is 1010. The van der Waals surface area contributed by atoms with Crippen LogP contribution in [0.4, 0.5) is 4.39 Å². The number of ether oxygens (including phenoxy) is 1. The molecule has 1 amide bonds. The van der Waals surface area contributed by atoms with Gasteiger partial charge in [-0.25, -0.2) is 19.3 Å². The Morgan fingerprint density at radius 1 is 1.13 bits per heavy atom. The quantitative estimate of drug-likeness (QED) is 0.670. The summed E-state index contributed by atoms with van der Waals surface area (Å²) < 4.78 is 18.9. The lowest BCUT2D eigenvalue weighted by atomic mass is 10.0. The van der Waals surface area contributed by atoms with Crippen LogP contribution in [-0.2, 0) is 0 Å². The lowest BCUT2D eigenvalue weighted by Gasteiger charge is -2.22. The van der Waals surface area contributed by atoms with Crippen molar-refractivity contribution in [1.29, 1.82) is 0 Å². The van der Waals surface area contributed by atoms with Crippen LogP contribution in [0.5, 0.6) is 5.75 Å². The summed E-state index contributed by atoms with van der Waals surface area (Å²) in [6.45, 7) is 2.31. The predicted octanol–water partition coefficient (Wildman–Crippen LogP) is 3.96. The van der Waals surface area contributed by atoms with Crippen molar-refractivity contribution in [2.24, 2.45) is 5.92 Å². The maximum absolute atomic E-state index is 13.1. The van der Waals surface area contributed by atoms with Gasteiger partial charge in [-0.3, -0.25) is 4.79 Å². The van der Waals surface area contributed by atoms with E-state index in [1.54, 1.807) is 30.6 Å². The molecule has 1 saturated carbocycles. The molecular weight excluding hydrogens is 383 g/mol. The molecule has 154 valence electrons. The van der Waals surface area contributed by atoms with E-state index in [2.05, 4.69) is 20.3 Å². The third-order valence-corrected chi connectivity index (χ3v) is 5.31. The van der Waals surface area contributed by atoms with E-state index in [0.29, 0.717) is 29.4 Å². The second-order valence-electron chi connectivity index (χ2n) is 7.46.